The molecule has 0 amide bonds. The summed E-state index contributed by atoms with van der Waals surface area (Å²) < 4.78 is 4.85. The molecule has 0 aromatic heterocycles. The summed E-state index contributed by atoms with van der Waals surface area (Å²) in [5.41, 5.74) is 5.46. The monoisotopic (exact) mass is 228 g/mol. The van der Waals surface area contributed by atoms with Gasteiger partial charge in [0.15, 0.2) is 0 Å². The van der Waals surface area contributed by atoms with Gasteiger partial charge >= 0.3 is 5.97 Å². The van der Waals surface area contributed by atoms with Crippen molar-refractivity contribution in [1.29, 1.82) is 0 Å². The number of piperidine rings is 1. The highest BCUT2D eigenvalue weighted by molar-refractivity contribution is 5.75. The van der Waals surface area contributed by atoms with Crippen molar-refractivity contribution in [1.82, 2.24) is 4.90 Å². The van der Waals surface area contributed by atoms with Gasteiger partial charge in [-0.1, -0.05) is 12.8 Å². The van der Waals surface area contributed by atoms with E-state index in [-0.39, 0.29) is 12.0 Å². The first kappa shape index (κ1) is 13.5. The lowest BCUT2D eigenvalue weighted by Crippen LogP contribution is -2.45. The second-order valence-corrected chi connectivity index (χ2v) is 4.42. The van der Waals surface area contributed by atoms with E-state index in [2.05, 4.69) is 4.90 Å². The van der Waals surface area contributed by atoms with Crippen LogP contribution in [-0.2, 0) is 9.53 Å². The summed E-state index contributed by atoms with van der Waals surface area (Å²) in [4.78, 5) is 13.9. The molecule has 0 aliphatic carbocycles. The van der Waals surface area contributed by atoms with Gasteiger partial charge in [-0.2, -0.15) is 0 Å². The number of hydrogen-bond acceptors (Lipinski definition) is 4. The predicted octanol–water partition coefficient (Wildman–Crippen LogP) is 1.14. The minimum Gasteiger partial charge on any atom is -0.468 e. The van der Waals surface area contributed by atoms with Crippen LogP contribution in [0.1, 0.15) is 38.5 Å². The van der Waals surface area contributed by atoms with Gasteiger partial charge in [0.05, 0.1) is 7.11 Å². The highest BCUT2D eigenvalue weighted by atomic mass is 16.5. The van der Waals surface area contributed by atoms with Crippen LogP contribution in [0, 0.1) is 0 Å². The van der Waals surface area contributed by atoms with Crippen LogP contribution in [0.15, 0.2) is 0 Å². The van der Waals surface area contributed by atoms with Gasteiger partial charge in [-0.25, -0.2) is 0 Å². The second kappa shape index (κ2) is 7.63. The van der Waals surface area contributed by atoms with E-state index < -0.39 is 0 Å². The van der Waals surface area contributed by atoms with Crippen molar-refractivity contribution in [2.45, 2.75) is 44.6 Å². The number of methoxy groups -OCH3 is 1. The molecule has 0 aromatic carbocycles. The van der Waals surface area contributed by atoms with Crippen LogP contribution >= 0.6 is 0 Å². The van der Waals surface area contributed by atoms with Crippen molar-refractivity contribution in [2.24, 2.45) is 5.73 Å². The first-order chi connectivity index (χ1) is 7.79. The van der Waals surface area contributed by atoms with Crippen molar-refractivity contribution < 1.29 is 9.53 Å². The molecule has 0 bridgehead atoms. The molecule has 1 atom stereocenters. The molecule has 2 N–H and O–H groups in total. The Morgan fingerprint density at radius 1 is 1.38 bits per heavy atom. The lowest BCUT2D eigenvalue weighted by molar-refractivity contribution is -0.148. The summed E-state index contributed by atoms with van der Waals surface area (Å²) in [5, 5.41) is 0. The Labute approximate surface area is 98.1 Å². The van der Waals surface area contributed by atoms with Crippen molar-refractivity contribution in [2.75, 3.05) is 26.7 Å². The fraction of sp³-hybridized carbons (Fsp3) is 0.917. The molecule has 1 aliphatic heterocycles. The number of carbonyl (C=O) groups is 1. The Hall–Kier alpha value is -0.610. The number of ether oxygens (including phenoxy) is 1. The maximum Gasteiger partial charge on any atom is 0.323 e. The highest BCUT2D eigenvalue weighted by Crippen LogP contribution is 2.18. The van der Waals surface area contributed by atoms with E-state index in [1.54, 1.807) is 0 Å². The third-order valence-electron chi connectivity index (χ3n) is 3.24. The van der Waals surface area contributed by atoms with E-state index in [9.17, 15) is 4.79 Å². The molecular weight excluding hydrogens is 204 g/mol. The van der Waals surface area contributed by atoms with Gasteiger partial charge in [0.2, 0.25) is 0 Å². The SMILES string of the molecule is COC(=O)C1CCCCN1CCCCCN. The third-order valence-corrected chi connectivity index (χ3v) is 3.24. The Morgan fingerprint density at radius 3 is 2.88 bits per heavy atom. The molecule has 1 aliphatic rings. The van der Waals surface area contributed by atoms with E-state index in [0.29, 0.717) is 0 Å². The van der Waals surface area contributed by atoms with E-state index in [1.165, 1.54) is 13.5 Å². The summed E-state index contributed by atoms with van der Waals surface area (Å²) >= 11 is 0. The maximum atomic E-state index is 11.6. The molecule has 1 fully saturated rings. The van der Waals surface area contributed by atoms with Gasteiger partial charge in [0.1, 0.15) is 6.04 Å². The number of hydrogen-bond donors (Lipinski definition) is 1. The number of nitrogens with zero attached hydrogens (tertiary/aromatic N) is 1. The van der Waals surface area contributed by atoms with Crippen LogP contribution in [0.2, 0.25) is 0 Å². The molecule has 94 valence electrons. The molecule has 0 saturated carbocycles. The van der Waals surface area contributed by atoms with Crippen molar-refractivity contribution in [3.8, 4) is 0 Å². The summed E-state index contributed by atoms with van der Waals surface area (Å²) in [5.74, 6) is -0.0708. The van der Waals surface area contributed by atoms with Gasteiger partial charge in [0, 0.05) is 0 Å². The first-order valence-electron chi connectivity index (χ1n) is 6.31. The molecule has 1 saturated heterocycles. The van der Waals surface area contributed by atoms with Crippen molar-refractivity contribution >= 4 is 5.97 Å². The topological polar surface area (TPSA) is 55.6 Å². The molecule has 16 heavy (non-hydrogen) atoms. The molecule has 4 nitrogen and oxygen atoms in total. The first-order valence-corrected chi connectivity index (χ1v) is 6.31. The van der Waals surface area contributed by atoms with Gasteiger partial charge in [-0.05, 0) is 45.3 Å². The van der Waals surface area contributed by atoms with E-state index in [0.717, 1.165) is 51.7 Å². The number of unbranched alkanes of at least 4 members (excludes halogenated alkanes) is 2. The quantitative estimate of drug-likeness (QED) is 0.547. The van der Waals surface area contributed by atoms with Crippen LogP contribution in [-0.4, -0.2) is 43.7 Å². The van der Waals surface area contributed by atoms with Crippen LogP contribution in [0.25, 0.3) is 0 Å². The standard InChI is InChI=1S/C12H24N2O2/c1-16-12(15)11-7-3-6-10-14(11)9-5-2-4-8-13/h11H,2-10,13H2,1H3. The average molecular weight is 228 g/mol. The van der Waals surface area contributed by atoms with Crippen molar-refractivity contribution in [3.05, 3.63) is 0 Å². The van der Waals surface area contributed by atoms with E-state index >= 15 is 0 Å². The van der Waals surface area contributed by atoms with Crippen LogP contribution in [0.4, 0.5) is 0 Å². The Balaban J connectivity index is 2.32. The molecule has 1 unspecified atom stereocenters. The van der Waals surface area contributed by atoms with Crippen LogP contribution < -0.4 is 5.73 Å². The Bertz CT molecular complexity index is 209. The van der Waals surface area contributed by atoms with Gasteiger partial charge in [-0.15, -0.1) is 0 Å². The van der Waals surface area contributed by atoms with Gasteiger partial charge in [0.25, 0.3) is 0 Å². The molecular formula is C12H24N2O2. The number of esters is 1. The van der Waals surface area contributed by atoms with Gasteiger partial charge in [-0.3, -0.25) is 9.69 Å². The number of nitrogens with two attached hydrogens (primary N) is 1. The number of rotatable bonds is 6. The predicted molar refractivity (Wildman–Crippen MR) is 64.1 cm³/mol. The lowest BCUT2D eigenvalue weighted by Gasteiger charge is -2.33. The lowest BCUT2D eigenvalue weighted by atomic mass is 10.0. The Morgan fingerprint density at radius 2 is 2.19 bits per heavy atom. The summed E-state index contributed by atoms with van der Waals surface area (Å²) in [7, 11) is 1.48. The fourth-order valence-corrected chi connectivity index (χ4v) is 2.30. The van der Waals surface area contributed by atoms with Crippen LogP contribution in [0.5, 0.6) is 0 Å². The zero-order chi connectivity index (χ0) is 11.8. The van der Waals surface area contributed by atoms with Gasteiger partial charge < -0.3 is 10.5 Å². The summed E-state index contributed by atoms with van der Waals surface area (Å²) in [6, 6.07) is -0.00312. The summed E-state index contributed by atoms with van der Waals surface area (Å²) in [6.07, 6.45) is 6.65. The minimum atomic E-state index is -0.0708. The second-order valence-electron chi connectivity index (χ2n) is 4.42. The van der Waals surface area contributed by atoms with Crippen molar-refractivity contribution in [3.63, 3.8) is 0 Å². The zero-order valence-corrected chi connectivity index (χ0v) is 10.3. The highest BCUT2D eigenvalue weighted by Gasteiger charge is 2.28. The summed E-state index contributed by atoms with van der Waals surface area (Å²) in [6.45, 7) is 2.79. The molecule has 1 heterocycles. The number of likely N-dealkylation sites (tertiary alicyclic amines) is 1. The number of carbonyl (C=O) groups excluding carboxylic acids is 1. The Kier molecular flexibility index (Phi) is 6.42. The smallest absolute Gasteiger partial charge is 0.323 e. The van der Waals surface area contributed by atoms with Crippen LogP contribution in [0.3, 0.4) is 0 Å². The molecule has 4 heteroatoms. The molecule has 0 spiro atoms. The van der Waals surface area contributed by atoms with E-state index in [1.807, 2.05) is 0 Å². The largest absolute Gasteiger partial charge is 0.468 e. The average Bonchev–Trinajstić information content (AvgIpc) is 2.34. The molecule has 0 aromatic rings. The fourth-order valence-electron chi connectivity index (χ4n) is 2.30. The minimum absolute atomic E-state index is 0.00312. The zero-order valence-electron chi connectivity index (χ0n) is 10.3. The van der Waals surface area contributed by atoms with E-state index in [4.69, 9.17) is 10.5 Å². The molecule has 1 rings (SSSR count). The molecule has 0 radical (unpaired) electrons. The normalized spacial score (nSPS) is 22.0. The maximum absolute atomic E-state index is 11.6. The third kappa shape index (κ3) is 4.10.